The van der Waals surface area contributed by atoms with Crippen LogP contribution in [0.4, 0.5) is 0 Å². The van der Waals surface area contributed by atoms with Gasteiger partial charge in [-0.15, -0.1) is 11.3 Å². The van der Waals surface area contributed by atoms with E-state index in [0.717, 1.165) is 21.1 Å². The van der Waals surface area contributed by atoms with Gasteiger partial charge in [0.05, 0.1) is 15.5 Å². The molecule has 2 aromatic carbocycles. The third-order valence-electron chi connectivity index (χ3n) is 3.78. The zero-order valence-corrected chi connectivity index (χ0v) is 16.1. The molecular weight excluding hydrogens is 386 g/mol. The summed E-state index contributed by atoms with van der Waals surface area (Å²) >= 11 is 1.55. The molecule has 0 atom stereocenters. The van der Waals surface area contributed by atoms with E-state index >= 15 is 0 Å². The Morgan fingerprint density at radius 3 is 2.41 bits per heavy atom. The van der Waals surface area contributed by atoms with E-state index in [4.69, 9.17) is 9.84 Å². The zero-order chi connectivity index (χ0) is 19.4. The third kappa shape index (κ3) is 4.72. The van der Waals surface area contributed by atoms with Crippen molar-refractivity contribution in [3.8, 4) is 16.3 Å². The van der Waals surface area contributed by atoms with Gasteiger partial charge in [0, 0.05) is 5.56 Å². The van der Waals surface area contributed by atoms with Crippen molar-refractivity contribution in [3.05, 3.63) is 65.2 Å². The minimum Gasteiger partial charge on any atom is -0.488 e. The number of hydrogen-bond donors (Lipinski definition) is 1. The summed E-state index contributed by atoms with van der Waals surface area (Å²) in [4.78, 5) is 16.2. The number of nitrogens with zero attached hydrogens (tertiary/aromatic N) is 1. The van der Waals surface area contributed by atoms with Gasteiger partial charge in [0.1, 0.15) is 17.4 Å². The molecule has 0 aliphatic carbocycles. The van der Waals surface area contributed by atoms with Gasteiger partial charge >= 0.3 is 5.97 Å². The van der Waals surface area contributed by atoms with Crippen LogP contribution in [0.1, 0.15) is 10.6 Å². The van der Waals surface area contributed by atoms with Gasteiger partial charge < -0.3 is 9.84 Å². The molecule has 8 heteroatoms. The van der Waals surface area contributed by atoms with Gasteiger partial charge in [0.25, 0.3) is 0 Å². The number of benzene rings is 2. The van der Waals surface area contributed by atoms with Crippen molar-refractivity contribution >= 4 is 27.1 Å². The van der Waals surface area contributed by atoms with Gasteiger partial charge in [-0.3, -0.25) is 4.79 Å². The predicted octanol–water partition coefficient (Wildman–Crippen LogP) is 3.56. The van der Waals surface area contributed by atoms with E-state index in [1.54, 1.807) is 11.3 Å². The van der Waals surface area contributed by atoms with Gasteiger partial charge in [0.2, 0.25) is 0 Å². The number of carbonyl (C=O) groups is 1. The maximum atomic E-state index is 11.9. The lowest BCUT2D eigenvalue weighted by Gasteiger charge is -2.06. The molecule has 6 nitrogen and oxygen atoms in total. The van der Waals surface area contributed by atoms with E-state index in [-0.39, 0.29) is 4.90 Å². The summed E-state index contributed by atoms with van der Waals surface area (Å²) in [6, 6.07) is 15.6. The molecule has 0 bridgehead atoms. The van der Waals surface area contributed by atoms with Crippen LogP contribution in [-0.2, 0) is 21.2 Å². The molecule has 3 rings (SSSR count). The van der Waals surface area contributed by atoms with Gasteiger partial charge in [-0.1, -0.05) is 30.3 Å². The number of rotatable bonds is 7. The van der Waals surface area contributed by atoms with Gasteiger partial charge in [0.15, 0.2) is 15.6 Å². The number of ether oxygens (including phenoxy) is 1. The molecule has 0 amide bonds. The Balaban J connectivity index is 1.69. The second kappa shape index (κ2) is 7.89. The Kier molecular flexibility index (Phi) is 5.57. The molecule has 1 aromatic heterocycles. The number of aliphatic carboxylic acids is 1. The molecule has 0 spiro atoms. The SMILES string of the molecule is Cc1nc(-c2ccccc2)sc1COc1ccc(S(=O)(=O)CC(=O)O)cc1. The third-order valence-corrected chi connectivity index (χ3v) is 6.58. The van der Waals surface area contributed by atoms with E-state index in [1.807, 2.05) is 37.3 Å². The summed E-state index contributed by atoms with van der Waals surface area (Å²) in [6.45, 7) is 2.24. The molecule has 140 valence electrons. The number of aromatic nitrogens is 1. The van der Waals surface area contributed by atoms with Gasteiger partial charge in [-0.25, -0.2) is 13.4 Å². The summed E-state index contributed by atoms with van der Waals surface area (Å²) in [7, 11) is -3.84. The Hall–Kier alpha value is -2.71. The van der Waals surface area contributed by atoms with Crippen LogP contribution >= 0.6 is 11.3 Å². The number of hydrogen-bond acceptors (Lipinski definition) is 6. The van der Waals surface area contributed by atoms with Crippen LogP contribution in [0.25, 0.3) is 10.6 Å². The lowest BCUT2D eigenvalue weighted by molar-refractivity contribution is -0.134. The van der Waals surface area contributed by atoms with E-state index in [1.165, 1.54) is 24.3 Å². The molecule has 0 saturated heterocycles. The first-order valence-corrected chi connectivity index (χ1v) is 10.5. The Morgan fingerprint density at radius 1 is 1.11 bits per heavy atom. The molecular formula is C19H17NO5S2. The van der Waals surface area contributed by atoms with Crippen molar-refractivity contribution in [1.82, 2.24) is 4.98 Å². The predicted molar refractivity (Wildman–Crippen MR) is 103 cm³/mol. The summed E-state index contributed by atoms with van der Waals surface area (Å²) in [5.74, 6) is -1.82. The minimum atomic E-state index is -3.84. The molecule has 3 aromatic rings. The number of sulfone groups is 1. The monoisotopic (exact) mass is 403 g/mol. The molecule has 1 N–H and O–H groups in total. The van der Waals surface area contributed by atoms with Crippen LogP contribution < -0.4 is 4.74 Å². The summed E-state index contributed by atoms with van der Waals surface area (Å²) in [5, 5.41) is 9.60. The van der Waals surface area contributed by atoms with E-state index in [0.29, 0.717) is 12.4 Å². The quantitative estimate of drug-likeness (QED) is 0.648. The molecule has 1 heterocycles. The number of carboxylic acids is 1. The van der Waals surface area contributed by atoms with Crippen LogP contribution in [-0.4, -0.2) is 30.2 Å². The Labute approximate surface area is 161 Å². The highest BCUT2D eigenvalue weighted by atomic mass is 32.2. The van der Waals surface area contributed by atoms with Crippen LogP contribution in [0.5, 0.6) is 5.75 Å². The maximum Gasteiger partial charge on any atom is 0.319 e. The summed E-state index contributed by atoms with van der Waals surface area (Å²) in [5.41, 5.74) is 1.93. The number of aryl methyl sites for hydroxylation is 1. The van der Waals surface area contributed by atoms with Crippen molar-refractivity contribution in [2.45, 2.75) is 18.4 Å². The van der Waals surface area contributed by atoms with Crippen molar-refractivity contribution < 1.29 is 23.1 Å². The fraction of sp³-hybridized carbons (Fsp3) is 0.158. The number of carboxylic acid groups (broad SMARTS) is 1. The highest BCUT2D eigenvalue weighted by Gasteiger charge is 2.18. The van der Waals surface area contributed by atoms with Crippen molar-refractivity contribution in [1.29, 1.82) is 0 Å². The molecule has 0 saturated carbocycles. The van der Waals surface area contributed by atoms with E-state index in [9.17, 15) is 13.2 Å². The fourth-order valence-corrected chi connectivity index (χ4v) is 4.43. The van der Waals surface area contributed by atoms with E-state index < -0.39 is 21.6 Å². The van der Waals surface area contributed by atoms with Crippen LogP contribution in [0.2, 0.25) is 0 Å². The smallest absolute Gasteiger partial charge is 0.319 e. The minimum absolute atomic E-state index is 0.0439. The average Bonchev–Trinajstić information content (AvgIpc) is 3.01. The fourth-order valence-electron chi connectivity index (χ4n) is 2.40. The van der Waals surface area contributed by atoms with Gasteiger partial charge in [-0.05, 0) is 31.2 Å². The second-order valence-electron chi connectivity index (χ2n) is 5.81. The first-order chi connectivity index (χ1) is 12.8. The Bertz CT molecular complexity index is 1040. The largest absolute Gasteiger partial charge is 0.488 e. The lowest BCUT2D eigenvalue weighted by atomic mass is 10.2. The normalized spacial score (nSPS) is 11.3. The number of thiazole rings is 1. The standard InChI is InChI=1S/C19H17NO5S2/c1-13-17(26-19(20-13)14-5-3-2-4-6-14)11-25-15-7-9-16(10-8-15)27(23,24)12-18(21)22/h2-10H,11-12H2,1H3,(H,21,22). The lowest BCUT2D eigenvalue weighted by Crippen LogP contribution is -2.15. The van der Waals surface area contributed by atoms with Crippen molar-refractivity contribution in [2.24, 2.45) is 0 Å². The zero-order valence-electron chi connectivity index (χ0n) is 14.5. The Morgan fingerprint density at radius 2 is 1.78 bits per heavy atom. The maximum absolute atomic E-state index is 11.9. The van der Waals surface area contributed by atoms with Crippen molar-refractivity contribution in [3.63, 3.8) is 0 Å². The summed E-state index contributed by atoms with van der Waals surface area (Å²) in [6.07, 6.45) is 0. The average molecular weight is 403 g/mol. The van der Waals surface area contributed by atoms with Crippen molar-refractivity contribution in [2.75, 3.05) is 5.75 Å². The second-order valence-corrected chi connectivity index (χ2v) is 8.88. The van der Waals surface area contributed by atoms with Crippen LogP contribution in [0.3, 0.4) is 0 Å². The first kappa shape index (κ1) is 19.1. The van der Waals surface area contributed by atoms with Gasteiger partial charge in [-0.2, -0.15) is 0 Å². The topological polar surface area (TPSA) is 93.6 Å². The highest BCUT2D eigenvalue weighted by molar-refractivity contribution is 7.92. The molecule has 0 fully saturated rings. The molecule has 0 unspecified atom stereocenters. The summed E-state index contributed by atoms with van der Waals surface area (Å²) < 4.78 is 29.5. The van der Waals surface area contributed by atoms with Crippen LogP contribution in [0.15, 0.2) is 59.5 Å². The van der Waals surface area contributed by atoms with E-state index in [2.05, 4.69) is 4.98 Å². The molecule has 0 aliphatic rings. The van der Waals surface area contributed by atoms with Crippen LogP contribution in [0, 0.1) is 6.92 Å². The molecule has 27 heavy (non-hydrogen) atoms. The first-order valence-electron chi connectivity index (χ1n) is 8.04. The molecule has 0 radical (unpaired) electrons. The highest BCUT2D eigenvalue weighted by Crippen LogP contribution is 2.28. The molecule has 0 aliphatic heterocycles.